The molecular formula is C19H17F3N2O4. The van der Waals surface area contributed by atoms with Crippen LogP contribution in [-0.2, 0) is 22.7 Å². The second-order valence-corrected chi connectivity index (χ2v) is 6.43. The number of nitrogens with zero attached hydrogens (tertiary/aromatic N) is 2. The maximum Gasteiger partial charge on any atom is 0.406 e. The molecule has 6 nitrogen and oxygen atoms in total. The Labute approximate surface area is 158 Å². The van der Waals surface area contributed by atoms with Gasteiger partial charge in [-0.2, -0.15) is 13.2 Å². The molecule has 1 fully saturated rings. The molecule has 9 heteroatoms. The van der Waals surface area contributed by atoms with Gasteiger partial charge in [0.25, 0.3) is 5.91 Å². The molecule has 1 aromatic carbocycles. The van der Waals surface area contributed by atoms with Crippen LogP contribution in [0.5, 0.6) is 0 Å². The van der Waals surface area contributed by atoms with E-state index < -0.39 is 18.6 Å². The fourth-order valence-corrected chi connectivity index (χ4v) is 2.92. The monoisotopic (exact) mass is 394 g/mol. The van der Waals surface area contributed by atoms with E-state index >= 15 is 0 Å². The zero-order valence-electron chi connectivity index (χ0n) is 14.7. The van der Waals surface area contributed by atoms with Crippen LogP contribution in [0.1, 0.15) is 34.5 Å². The Kier molecular flexibility index (Phi) is 5.53. The Balaban J connectivity index is 1.73. The molecule has 1 aromatic heterocycles. The summed E-state index contributed by atoms with van der Waals surface area (Å²) in [5.74, 6) is -1.09. The topological polar surface area (TPSA) is 70.8 Å². The average molecular weight is 394 g/mol. The van der Waals surface area contributed by atoms with Gasteiger partial charge in [-0.1, -0.05) is 12.1 Å². The quantitative estimate of drug-likeness (QED) is 0.706. The average Bonchev–Trinajstić information content (AvgIpc) is 3.25. The standard InChI is InChI=1S/C19H17F3N2O4/c20-19(21,22)12-23(11-15-2-1-9-28-15)18(27)14-5-3-13(4-6-14)10-24-16(25)7-8-17(24)26/h1-6,9H,7-8,10-12H2. The lowest BCUT2D eigenvalue weighted by molar-refractivity contribution is -0.142. The fourth-order valence-electron chi connectivity index (χ4n) is 2.92. The van der Waals surface area contributed by atoms with E-state index in [-0.39, 0.29) is 49.1 Å². The van der Waals surface area contributed by atoms with Crippen LogP contribution >= 0.6 is 0 Å². The van der Waals surface area contributed by atoms with Crippen LogP contribution in [0.25, 0.3) is 0 Å². The van der Waals surface area contributed by atoms with Crippen molar-refractivity contribution in [2.24, 2.45) is 0 Å². The van der Waals surface area contributed by atoms with Crippen molar-refractivity contribution in [3.8, 4) is 0 Å². The summed E-state index contributed by atoms with van der Waals surface area (Å²) in [5, 5.41) is 0. The molecule has 1 aliphatic heterocycles. The molecule has 0 atom stereocenters. The lowest BCUT2D eigenvalue weighted by Crippen LogP contribution is -2.38. The molecule has 3 amide bonds. The third kappa shape index (κ3) is 4.79. The first-order chi connectivity index (χ1) is 13.2. The van der Waals surface area contributed by atoms with E-state index in [0.29, 0.717) is 10.5 Å². The SMILES string of the molecule is O=C(c1ccc(CN2C(=O)CCC2=O)cc1)N(Cc1ccco1)CC(F)(F)F. The van der Waals surface area contributed by atoms with Crippen LogP contribution < -0.4 is 0 Å². The van der Waals surface area contributed by atoms with Crippen LogP contribution in [0.4, 0.5) is 13.2 Å². The lowest BCUT2D eigenvalue weighted by atomic mass is 10.1. The first-order valence-electron chi connectivity index (χ1n) is 8.53. The molecule has 0 spiro atoms. The van der Waals surface area contributed by atoms with Crippen molar-refractivity contribution in [3.63, 3.8) is 0 Å². The maximum atomic E-state index is 12.9. The highest BCUT2D eigenvalue weighted by Gasteiger charge is 2.34. The molecule has 0 N–H and O–H groups in total. The highest BCUT2D eigenvalue weighted by Crippen LogP contribution is 2.21. The molecule has 2 heterocycles. The summed E-state index contributed by atoms with van der Waals surface area (Å²) in [7, 11) is 0. The smallest absolute Gasteiger partial charge is 0.406 e. The number of hydrogen-bond acceptors (Lipinski definition) is 4. The molecule has 0 radical (unpaired) electrons. The third-order valence-corrected chi connectivity index (χ3v) is 4.28. The predicted molar refractivity (Wildman–Crippen MR) is 90.7 cm³/mol. The molecule has 148 valence electrons. The van der Waals surface area contributed by atoms with Crippen LogP contribution in [0, 0.1) is 0 Å². The van der Waals surface area contributed by atoms with E-state index in [1.54, 1.807) is 0 Å². The Hall–Kier alpha value is -3.10. The number of furan rings is 1. The first-order valence-corrected chi connectivity index (χ1v) is 8.53. The number of alkyl halides is 3. The summed E-state index contributed by atoms with van der Waals surface area (Å²) in [5.41, 5.74) is 0.673. The molecule has 0 unspecified atom stereocenters. The minimum Gasteiger partial charge on any atom is -0.467 e. The second-order valence-electron chi connectivity index (χ2n) is 6.43. The maximum absolute atomic E-state index is 12.9. The Bertz CT molecular complexity index is 844. The van der Waals surface area contributed by atoms with Gasteiger partial charge in [0.2, 0.25) is 11.8 Å². The number of carbonyl (C=O) groups is 3. The van der Waals surface area contributed by atoms with Crippen molar-refractivity contribution in [3.05, 3.63) is 59.5 Å². The minimum atomic E-state index is -4.56. The molecule has 1 saturated heterocycles. The van der Waals surface area contributed by atoms with E-state index in [1.807, 2.05) is 0 Å². The third-order valence-electron chi connectivity index (χ3n) is 4.28. The molecule has 28 heavy (non-hydrogen) atoms. The highest BCUT2D eigenvalue weighted by atomic mass is 19.4. The number of imide groups is 1. The number of likely N-dealkylation sites (tertiary alicyclic amines) is 1. The summed E-state index contributed by atoms with van der Waals surface area (Å²) in [6.07, 6.45) is -2.89. The molecule has 3 rings (SSSR count). The van der Waals surface area contributed by atoms with Crippen molar-refractivity contribution in [2.45, 2.75) is 32.1 Å². The first kappa shape index (κ1) is 19.7. The highest BCUT2D eigenvalue weighted by molar-refractivity contribution is 6.01. The largest absolute Gasteiger partial charge is 0.467 e. The van der Waals surface area contributed by atoms with Gasteiger partial charge in [-0.05, 0) is 29.8 Å². The normalized spacial score (nSPS) is 14.6. The van der Waals surface area contributed by atoms with Gasteiger partial charge >= 0.3 is 6.18 Å². The van der Waals surface area contributed by atoms with E-state index in [2.05, 4.69) is 0 Å². The van der Waals surface area contributed by atoms with Crippen LogP contribution in [-0.4, -0.2) is 40.2 Å². The van der Waals surface area contributed by atoms with Gasteiger partial charge in [0.1, 0.15) is 12.3 Å². The van der Waals surface area contributed by atoms with Gasteiger partial charge in [0, 0.05) is 18.4 Å². The van der Waals surface area contributed by atoms with Crippen LogP contribution in [0.3, 0.4) is 0 Å². The number of amides is 3. The summed E-state index contributed by atoms with van der Waals surface area (Å²) in [6, 6.07) is 8.82. The molecule has 1 aliphatic rings. The zero-order chi connectivity index (χ0) is 20.3. The number of benzene rings is 1. The number of halogens is 3. The van der Waals surface area contributed by atoms with Gasteiger partial charge in [-0.3, -0.25) is 19.3 Å². The van der Waals surface area contributed by atoms with Gasteiger partial charge in [-0.25, -0.2) is 0 Å². The van der Waals surface area contributed by atoms with Crippen molar-refractivity contribution in [2.75, 3.05) is 6.54 Å². The Morgan fingerprint density at radius 3 is 2.25 bits per heavy atom. The number of carbonyl (C=O) groups excluding carboxylic acids is 3. The molecule has 0 aliphatic carbocycles. The second kappa shape index (κ2) is 7.87. The fraction of sp³-hybridized carbons (Fsp3) is 0.316. The summed E-state index contributed by atoms with van der Waals surface area (Å²) in [6.45, 7) is -1.65. The summed E-state index contributed by atoms with van der Waals surface area (Å²) < 4.78 is 43.7. The van der Waals surface area contributed by atoms with Crippen molar-refractivity contribution in [1.82, 2.24) is 9.80 Å². The van der Waals surface area contributed by atoms with E-state index in [0.717, 1.165) is 4.90 Å². The van der Waals surface area contributed by atoms with Crippen molar-refractivity contribution >= 4 is 17.7 Å². The Morgan fingerprint density at radius 2 is 1.71 bits per heavy atom. The number of rotatable bonds is 6. The molecule has 2 aromatic rings. The van der Waals surface area contributed by atoms with Crippen molar-refractivity contribution in [1.29, 1.82) is 0 Å². The van der Waals surface area contributed by atoms with Gasteiger partial charge in [0.05, 0.1) is 19.4 Å². The predicted octanol–water partition coefficient (Wildman–Crippen LogP) is 3.13. The van der Waals surface area contributed by atoms with Gasteiger partial charge in [-0.15, -0.1) is 0 Å². The van der Waals surface area contributed by atoms with E-state index in [9.17, 15) is 27.6 Å². The number of hydrogen-bond donors (Lipinski definition) is 0. The van der Waals surface area contributed by atoms with Crippen LogP contribution in [0.2, 0.25) is 0 Å². The summed E-state index contributed by atoms with van der Waals surface area (Å²) in [4.78, 5) is 37.7. The van der Waals surface area contributed by atoms with Gasteiger partial charge < -0.3 is 9.32 Å². The van der Waals surface area contributed by atoms with E-state index in [1.165, 1.54) is 42.7 Å². The van der Waals surface area contributed by atoms with Gasteiger partial charge in [0.15, 0.2) is 0 Å². The Morgan fingerprint density at radius 1 is 1.07 bits per heavy atom. The van der Waals surface area contributed by atoms with Crippen molar-refractivity contribution < 1.29 is 32.0 Å². The van der Waals surface area contributed by atoms with Crippen LogP contribution in [0.15, 0.2) is 47.1 Å². The summed E-state index contributed by atoms with van der Waals surface area (Å²) >= 11 is 0. The minimum absolute atomic E-state index is 0.0682. The van der Waals surface area contributed by atoms with E-state index in [4.69, 9.17) is 4.42 Å². The zero-order valence-corrected chi connectivity index (χ0v) is 14.7. The molecular weight excluding hydrogens is 377 g/mol. The lowest BCUT2D eigenvalue weighted by Gasteiger charge is -2.23. The molecule has 0 bridgehead atoms. The molecule has 0 saturated carbocycles.